The number of hydrogen-bond donors (Lipinski definition) is 1. The van der Waals surface area contributed by atoms with Crippen molar-refractivity contribution in [2.24, 2.45) is 0 Å². The summed E-state index contributed by atoms with van der Waals surface area (Å²) in [6, 6.07) is 9.59. The molecule has 0 saturated heterocycles. The van der Waals surface area contributed by atoms with Gasteiger partial charge < -0.3 is 10.1 Å². The van der Waals surface area contributed by atoms with Crippen LogP contribution in [-0.2, 0) is 14.3 Å². The Bertz CT molecular complexity index is 720. The molecular weight excluding hydrogens is 310 g/mol. The Hall–Kier alpha value is -2.40. The van der Waals surface area contributed by atoms with Crippen LogP contribution in [0.1, 0.15) is 22.9 Å². The highest BCUT2D eigenvalue weighted by atomic mass is 32.1. The zero-order valence-electron chi connectivity index (χ0n) is 13.3. The van der Waals surface area contributed by atoms with Gasteiger partial charge in [-0.15, -0.1) is 11.3 Å². The van der Waals surface area contributed by atoms with Crippen LogP contribution in [0.3, 0.4) is 0 Å². The van der Waals surface area contributed by atoms with E-state index in [2.05, 4.69) is 5.32 Å². The Labute approximate surface area is 139 Å². The predicted molar refractivity (Wildman–Crippen MR) is 93.5 cm³/mol. The third-order valence-electron chi connectivity index (χ3n) is 3.24. The van der Waals surface area contributed by atoms with Crippen LogP contribution in [0.5, 0.6) is 0 Å². The quantitative estimate of drug-likeness (QED) is 0.667. The standard InChI is InChI=1S/C18H19NO3S/c1-12-6-7-13(2)16(11-12)19-18(21)14(3)22-17(20)9-8-15-5-4-10-23-15/h4-11,14H,1-3H3,(H,19,21)/b9-8+/t14-/m0/s1. The molecule has 0 bridgehead atoms. The Morgan fingerprint density at radius 2 is 2.04 bits per heavy atom. The molecule has 2 rings (SSSR count). The minimum absolute atomic E-state index is 0.350. The third kappa shape index (κ3) is 5.07. The largest absolute Gasteiger partial charge is 0.449 e. The van der Waals surface area contributed by atoms with Crippen LogP contribution in [0.2, 0.25) is 0 Å². The van der Waals surface area contributed by atoms with Crippen LogP contribution < -0.4 is 5.32 Å². The maximum absolute atomic E-state index is 12.1. The second-order valence-electron chi connectivity index (χ2n) is 5.24. The average molecular weight is 329 g/mol. The van der Waals surface area contributed by atoms with E-state index in [4.69, 9.17) is 4.74 Å². The number of hydrogen-bond acceptors (Lipinski definition) is 4. The van der Waals surface area contributed by atoms with Gasteiger partial charge in [-0.25, -0.2) is 4.79 Å². The zero-order chi connectivity index (χ0) is 16.8. The monoisotopic (exact) mass is 329 g/mol. The highest BCUT2D eigenvalue weighted by molar-refractivity contribution is 7.10. The molecule has 0 spiro atoms. The van der Waals surface area contributed by atoms with Crippen LogP contribution in [0.4, 0.5) is 5.69 Å². The van der Waals surface area contributed by atoms with Crippen molar-refractivity contribution >= 4 is 35.0 Å². The average Bonchev–Trinajstić information content (AvgIpc) is 3.02. The summed E-state index contributed by atoms with van der Waals surface area (Å²) in [5.41, 5.74) is 2.74. The number of carbonyl (C=O) groups is 2. The van der Waals surface area contributed by atoms with Crippen molar-refractivity contribution in [2.75, 3.05) is 5.32 Å². The maximum Gasteiger partial charge on any atom is 0.331 e. The third-order valence-corrected chi connectivity index (χ3v) is 4.08. The molecule has 0 fully saturated rings. The molecule has 1 aromatic heterocycles. The first kappa shape index (κ1) is 17.0. The van der Waals surface area contributed by atoms with Crippen molar-refractivity contribution in [3.63, 3.8) is 0 Å². The van der Waals surface area contributed by atoms with Crippen molar-refractivity contribution in [3.8, 4) is 0 Å². The molecule has 2 aromatic rings. The van der Waals surface area contributed by atoms with Gasteiger partial charge in [0.05, 0.1) is 0 Å². The summed E-state index contributed by atoms with van der Waals surface area (Å²) < 4.78 is 5.12. The van der Waals surface area contributed by atoms with E-state index in [1.165, 1.54) is 17.4 Å². The van der Waals surface area contributed by atoms with Gasteiger partial charge in [0.1, 0.15) is 0 Å². The second-order valence-corrected chi connectivity index (χ2v) is 6.21. The smallest absolute Gasteiger partial charge is 0.331 e. The number of benzene rings is 1. The number of nitrogens with one attached hydrogen (secondary N) is 1. The molecule has 1 atom stereocenters. The van der Waals surface area contributed by atoms with E-state index in [1.807, 2.05) is 49.6 Å². The first-order chi connectivity index (χ1) is 11.0. The van der Waals surface area contributed by atoms with Crippen molar-refractivity contribution in [3.05, 3.63) is 57.8 Å². The maximum atomic E-state index is 12.1. The topological polar surface area (TPSA) is 55.4 Å². The lowest BCUT2D eigenvalue weighted by atomic mass is 10.1. The van der Waals surface area contributed by atoms with Gasteiger partial charge in [0.2, 0.25) is 0 Å². The van der Waals surface area contributed by atoms with Crippen LogP contribution in [0, 0.1) is 13.8 Å². The van der Waals surface area contributed by atoms with E-state index in [-0.39, 0.29) is 5.91 Å². The Kier molecular flexibility index (Phi) is 5.71. The molecule has 1 heterocycles. The van der Waals surface area contributed by atoms with Crippen molar-refractivity contribution in [1.82, 2.24) is 0 Å². The van der Waals surface area contributed by atoms with Gasteiger partial charge in [-0.2, -0.15) is 0 Å². The highest BCUT2D eigenvalue weighted by Gasteiger charge is 2.17. The van der Waals surface area contributed by atoms with Gasteiger partial charge in [0.25, 0.3) is 5.91 Å². The molecule has 1 aromatic carbocycles. The SMILES string of the molecule is Cc1ccc(C)c(NC(=O)[C@H](C)OC(=O)/C=C/c2cccs2)c1. The fourth-order valence-electron chi connectivity index (χ4n) is 1.91. The van der Waals surface area contributed by atoms with Crippen LogP contribution in [0.25, 0.3) is 6.08 Å². The van der Waals surface area contributed by atoms with E-state index in [0.717, 1.165) is 21.7 Å². The summed E-state index contributed by atoms with van der Waals surface area (Å²) in [6.45, 7) is 5.42. The van der Waals surface area contributed by atoms with E-state index >= 15 is 0 Å². The second kappa shape index (κ2) is 7.74. The molecule has 4 nitrogen and oxygen atoms in total. The lowest BCUT2D eigenvalue weighted by Crippen LogP contribution is -2.29. The Balaban J connectivity index is 1.92. The van der Waals surface area contributed by atoms with Gasteiger partial charge in [-0.3, -0.25) is 4.79 Å². The zero-order valence-corrected chi connectivity index (χ0v) is 14.1. The fourth-order valence-corrected chi connectivity index (χ4v) is 2.53. The summed E-state index contributed by atoms with van der Waals surface area (Å²) >= 11 is 1.52. The number of esters is 1. The molecule has 120 valence electrons. The summed E-state index contributed by atoms with van der Waals surface area (Å²) in [6.07, 6.45) is 2.13. The Morgan fingerprint density at radius 1 is 1.26 bits per heavy atom. The fraction of sp³-hybridized carbons (Fsp3) is 0.222. The van der Waals surface area contributed by atoms with Crippen LogP contribution in [0.15, 0.2) is 41.8 Å². The van der Waals surface area contributed by atoms with Crippen molar-refractivity contribution in [1.29, 1.82) is 0 Å². The molecule has 1 N–H and O–H groups in total. The number of aryl methyl sites for hydroxylation is 2. The van der Waals surface area contributed by atoms with Gasteiger partial charge >= 0.3 is 5.97 Å². The lowest BCUT2D eigenvalue weighted by Gasteiger charge is -2.14. The van der Waals surface area contributed by atoms with Crippen molar-refractivity contribution < 1.29 is 14.3 Å². The molecular formula is C18H19NO3S. The molecule has 0 saturated carbocycles. The van der Waals surface area contributed by atoms with E-state index in [1.54, 1.807) is 13.0 Å². The summed E-state index contributed by atoms with van der Waals surface area (Å²) in [5, 5.41) is 4.71. The number of rotatable bonds is 5. The van der Waals surface area contributed by atoms with Gasteiger partial charge in [0, 0.05) is 16.6 Å². The summed E-state index contributed by atoms with van der Waals surface area (Å²) in [7, 11) is 0. The van der Waals surface area contributed by atoms with Gasteiger partial charge in [-0.1, -0.05) is 18.2 Å². The number of carbonyl (C=O) groups excluding carboxylic acids is 2. The van der Waals surface area contributed by atoms with E-state index in [0.29, 0.717) is 0 Å². The van der Waals surface area contributed by atoms with Crippen molar-refractivity contribution in [2.45, 2.75) is 26.9 Å². The number of amides is 1. The van der Waals surface area contributed by atoms with Gasteiger partial charge in [0.15, 0.2) is 6.10 Å². The minimum Gasteiger partial charge on any atom is -0.449 e. The molecule has 1 amide bonds. The molecule has 23 heavy (non-hydrogen) atoms. The first-order valence-electron chi connectivity index (χ1n) is 7.26. The number of ether oxygens (including phenoxy) is 1. The molecule has 0 radical (unpaired) electrons. The molecule has 0 unspecified atom stereocenters. The van der Waals surface area contributed by atoms with E-state index in [9.17, 15) is 9.59 Å². The minimum atomic E-state index is -0.865. The highest BCUT2D eigenvalue weighted by Crippen LogP contribution is 2.17. The summed E-state index contributed by atoms with van der Waals surface area (Å²) in [4.78, 5) is 24.8. The van der Waals surface area contributed by atoms with Gasteiger partial charge in [-0.05, 0) is 55.5 Å². The van der Waals surface area contributed by atoms with Crippen LogP contribution >= 0.6 is 11.3 Å². The summed E-state index contributed by atoms with van der Waals surface area (Å²) in [5.74, 6) is -0.890. The van der Waals surface area contributed by atoms with Crippen LogP contribution in [-0.4, -0.2) is 18.0 Å². The lowest BCUT2D eigenvalue weighted by molar-refractivity contribution is -0.148. The first-order valence-corrected chi connectivity index (χ1v) is 8.14. The van der Waals surface area contributed by atoms with E-state index < -0.39 is 12.1 Å². The predicted octanol–water partition coefficient (Wildman–Crippen LogP) is 3.95. The molecule has 0 aliphatic rings. The number of thiophene rings is 1. The molecule has 0 aliphatic carbocycles. The molecule has 5 heteroatoms. The normalized spacial score (nSPS) is 12.1. The Morgan fingerprint density at radius 3 is 2.74 bits per heavy atom. The number of anilines is 1. The molecule has 0 aliphatic heterocycles.